The topological polar surface area (TPSA) is 35.5 Å². The van der Waals surface area contributed by atoms with Crippen LogP contribution in [0.4, 0.5) is 0 Å². The Morgan fingerprint density at radius 3 is 2.50 bits per heavy atom. The van der Waals surface area contributed by atoms with Crippen LogP contribution in [0.2, 0.25) is 0 Å². The van der Waals surface area contributed by atoms with Gasteiger partial charge in [0.2, 0.25) is 0 Å². The molecular weight excluding hydrogens is 300 g/mol. The van der Waals surface area contributed by atoms with Crippen LogP contribution < -0.4 is 0 Å². The summed E-state index contributed by atoms with van der Waals surface area (Å²) in [5.41, 5.74) is 0.453. The molecule has 4 saturated carbocycles. The molecule has 1 spiro atoms. The lowest BCUT2D eigenvalue weighted by Gasteiger charge is -2.61. The zero-order valence-electron chi connectivity index (χ0n) is 15.3. The Balaban J connectivity index is 1.42. The van der Waals surface area contributed by atoms with E-state index in [1.165, 1.54) is 25.7 Å². The molecule has 0 bridgehead atoms. The first-order valence-electron chi connectivity index (χ1n) is 10.3. The molecule has 3 nitrogen and oxygen atoms in total. The summed E-state index contributed by atoms with van der Waals surface area (Å²) in [6.45, 7) is 6.40. The molecule has 134 valence electrons. The van der Waals surface area contributed by atoms with E-state index in [4.69, 9.17) is 9.47 Å². The van der Waals surface area contributed by atoms with Crippen molar-refractivity contribution in [2.24, 2.45) is 34.5 Å². The third kappa shape index (κ3) is 1.95. The van der Waals surface area contributed by atoms with Crippen LogP contribution in [0.5, 0.6) is 0 Å². The maximum atomic E-state index is 12.5. The lowest BCUT2D eigenvalue weighted by molar-refractivity contribution is -0.228. The molecule has 1 saturated heterocycles. The highest BCUT2D eigenvalue weighted by molar-refractivity contribution is 5.87. The van der Waals surface area contributed by atoms with E-state index in [1.807, 2.05) is 0 Å². The molecule has 3 heteroatoms. The van der Waals surface area contributed by atoms with Crippen molar-refractivity contribution in [3.05, 3.63) is 0 Å². The zero-order chi connectivity index (χ0) is 16.6. The molecule has 5 fully saturated rings. The summed E-state index contributed by atoms with van der Waals surface area (Å²) in [4.78, 5) is 12.5. The first-order chi connectivity index (χ1) is 11.5. The van der Waals surface area contributed by atoms with Crippen molar-refractivity contribution < 1.29 is 14.3 Å². The number of rotatable bonds is 0. The van der Waals surface area contributed by atoms with Crippen molar-refractivity contribution in [1.82, 2.24) is 0 Å². The van der Waals surface area contributed by atoms with Gasteiger partial charge in [-0.25, -0.2) is 0 Å². The van der Waals surface area contributed by atoms with Gasteiger partial charge in [0.25, 0.3) is 0 Å². The van der Waals surface area contributed by atoms with Crippen molar-refractivity contribution in [1.29, 1.82) is 0 Å². The molecule has 1 heterocycles. The van der Waals surface area contributed by atoms with Crippen molar-refractivity contribution in [2.75, 3.05) is 13.2 Å². The molecule has 6 atom stereocenters. The monoisotopic (exact) mass is 332 g/mol. The van der Waals surface area contributed by atoms with Gasteiger partial charge in [-0.05, 0) is 67.6 Å². The highest BCUT2D eigenvalue weighted by Crippen LogP contribution is 2.66. The first kappa shape index (κ1) is 15.8. The quantitative estimate of drug-likeness (QED) is 0.662. The second-order valence-electron chi connectivity index (χ2n) is 9.89. The predicted octanol–water partition coefficient (Wildman–Crippen LogP) is 4.34. The number of Topliss-reactive ketones (excluding diaryl/α,β-unsaturated/α-hetero) is 1. The first-order valence-corrected chi connectivity index (χ1v) is 10.3. The molecule has 0 radical (unpaired) electrons. The Hall–Kier alpha value is -0.410. The molecule has 1 aliphatic heterocycles. The average Bonchev–Trinajstić information content (AvgIpc) is 3.14. The van der Waals surface area contributed by atoms with Gasteiger partial charge in [-0.2, -0.15) is 0 Å². The Bertz CT molecular complexity index is 551. The molecule has 0 aromatic carbocycles. The van der Waals surface area contributed by atoms with Gasteiger partial charge >= 0.3 is 0 Å². The summed E-state index contributed by atoms with van der Waals surface area (Å²) in [7, 11) is 0. The van der Waals surface area contributed by atoms with Gasteiger partial charge < -0.3 is 9.47 Å². The van der Waals surface area contributed by atoms with E-state index in [2.05, 4.69) is 13.8 Å². The van der Waals surface area contributed by atoms with Crippen LogP contribution in [-0.2, 0) is 14.3 Å². The van der Waals surface area contributed by atoms with E-state index in [1.54, 1.807) is 0 Å². The van der Waals surface area contributed by atoms with Crippen LogP contribution in [-0.4, -0.2) is 24.8 Å². The number of fused-ring (bicyclic) bond motifs is 5. The molecule has 0 aromatic rings. The SMILES string of the molecule is C[C@]12CCC3C(CC[C@@H]4CC5(CC[C@]34C)OCCO5)C1CCC2=O. The number of carbonyl (C=O) groups excluding carboxylic acids is 1. The normalized spacial score (nSPS) is 52.8. The van der Waals surface area contributed by atoms with Crippen LogP contribution in [0.15, 0.2) is 0 Å². The highest BCUT2D eigenvalue weighted by atomic mass is 16.7. The van der Waals surface area contributed by atoms with Crippen molar-refractivity contribution in [3.8, 4) is 0 Å². The van der Waals surface area contributed by atoms with E-state index in [9.17, 15) is 4.79 Å². The fourth-order valence-electron chi connectivity index (χ4n) is 7.73. The summed E-state index contributed by atoms with van der Waals surface area (Å²) in [6.07, 6.45) is 10.5. The van der Waals surface area contributed by atoms with Crippen LogP contribution in [0.25, 0.3) is 0 Å². The van der Waals surface area contributed by atoms with E-state index in [0.717, 1.165) is 63.1 Å². The minimum atomic E-state index is -0.247. The largest absolute Gasteiger partial charge is 0.348 e. The number of hydrogen-bond donors (Lipinski definition) is 0. The highest BCUT2D eigenvalue weighted by Gasteiger charge is 2.62. The van der Waals surface area contributed by atoms with Gasteiger partial charge in [-0.1, -0.05) is 13.8 Å². The van der Waals surface area contributed by atoms with E-state index in [0.29, 0.717) is 17.1 Å². The second-order valence-corrected chi connectivity index (χ2v) is 9.89. The molecular formula is C21H32O3. The predicted molar refractivity (Wildman–Crippen MR) is 91.4 cm³/mol. The molecule has 5 aliphatic rings. The standard InChI is InChI=1S/C21H32O3/c1-19-9-10-21(23-11-12-24-21)13-14(19)3-4-15-16-5-6-18(22)20(16,2)8-7-17(15)19/h14-17H,3-13H2,1-2H3/t14-,15?,16?,17?,19+,20+/m1/s1. The molecule has 5 rings (SSSR count). The van der Waals surface area contributed by atoms with E-state index in [-0.39, 0.29) is 11.2 Å². The molecule has 24 heavy (non-hydrogen) atoms. The zero-order valence-corrected chi connectivity index (χ0v) is 15.3. The van der Waals surface area contributed by atoms with E-state index < -0.39 is 0 Å². The minimum absolute atomic E-state index is 0.0118. The fraction of sp³-hybridized carbons (Fsp3) is 0.952. The third-order valence-electron chi connectivity index (χ3n) is 9.19. The van der Waals surface area contributed by atoms with Gasteiger partial charge in [0.05, 0.1) is 13.2 Å². The van der Waals surface area contributed by atoms with Crippen molar-refractivity contribution >= 4 is 5.78 Å². The lowest BCUT2D eigenvalue weighted by atomic mass is 9.45. The number of ketones is 1. The summed E-state index contributed by atoms with van der Waals surface area (Å²) in [6, 6.07) is 0. The smallest absolute Gasteiger partial charge is 0.168 e. The van der Waals surface area contributed by atoms with Crippen LogP contribution >= 0.6 is 0 Å². The Kier molecular flexibility index (Phi) is 3.34. The van der Waals surface area contributed by atoms with Gasteiger partial charge in [0.15, 0.2) is 5.79 Å². The molecule has 0 amide bonds. The second kappa shape index (κ2) is 5.07. The Labute approximate surface area is 145 Å². The number of hydrogen-bond acceptors (Lipinski definition) is 3. The van der Waals surface area contributed by atoms with Crippen molar-refractivity contribution in [3.63, 3.8) is 0 Å². The summed E-state index contributed by atoms with van der Waals surface area (Å²) in [5.74, 6) is 3.33. The van der Waals surface area contributed by atoms with Gasteiger partial charge in [0.1, 0.15) is 5.78 Å². The molecule has 0 N–H and O–H groups in total. The number of ether oxygens (including phenoxy) is 2. The Morgan fingerprint density at radius 2 is 1.71 bits per heavy atom. The average molecular weight is 332 g/mol. The maximum Gasteiger partial charge on any atom is 0.168 e. The molecule has 3 unspecified atom stereocenters. The number of carbonyl (C=O) groups is 1. The lowest BCUT2D eigenvalue weighted by Crippen LogP contribution is -2.56. The van der Waals surface area contributed by atoms with Crippen LogP contribution in [0.3, 0.4) is 0 Å². The maximum absolute atomic E-state index is 12.5. The molecule has 0 aromatic heterocycles. The van der Waals surface area contributed by atoms with Gasteiger partial charge in [-0.15, -0.1) is 0 Å². The van der Waals surface area contributed by atoms with Crippen LogP contribution in [0.1, 0.15) is 71.6 Å². The van der Waals surface area contributed by atoms with Gasteiger partial charge in [-0.3, -0.25) is 4.79 Å². The minimum Gasteiger partial charge on any atom is -0.348 e. The summed E-state index contributed by atoms with van der Waals surface area (Å²) >= 11 is 0. The Morgan fingerprint density at radius 1 is 0.917 bits per heavy atom. The fourth-order valence-corrected chi connectivity index (χ4v) is 7.73. The molecule has 4 aliphatic carbocycles. The summed E-state index contributed by atoms with van der Waals surface area (Å²) < 4.78 is 12.1. The summed E-state index contributed by atoms with van der Waals surface area (Å²) in [5, 5.41) is 0. The van der Waals surface area contributed by atoms with Gasteiger partial charge in [0, 0.05) is 24.7 Å². The van der Waals surface area contributed by atoms with E-state index >= 15 is 0 Å². The van der Waals surface area contributed by atoms with Crippen LogP contribution in [0, 0.1) is 34.5 Å². The third-order valence-corrected chi connectivity index (χ3v) is 9.19. The van der Waals surface area contributed by atoms with Crippen molar-refractivity contribution in [2.45, 2.75) is 77.4 Å².